The first kappa shape index (κ1) is 22.6. The maximum atomic E-state index is 2.42. The SMILES string of the molecule is CC1(C)c2ccccc2-c2c(ccc3ccc4cc(-n5c6ccccc6c6ccccc65)ccc4c23)C1(C)C. The average molecular weight is 502 g/mol. The van der Waals surface area contributed by atoms with E-state index in [9.17, 15) is 0 Å². The van der Waals surface area contributed by atoms with E-state index < -0.39 is 0 Å². The number of benzene rings is 6. The van der Waals surface area contributed by atoms with Crippen molar-refractivity contribution in [3.05, 3.63) is 126 Å². The number of rotatable bonds is 1. The van der Waals surface area contributed by atoms with Gasteiger partial charge in [0, 0.05) is 16.5 Å². The number of fused-ring (bicyclic) bond motifs is 10. The standard InChI is InChI=1S/C38H31N/c1-37(2)31-14-8-5-13-30(31)36-32(38(37,3)4)22-19-24-17-18-25-23-26(20-21-27(25)35(24)36)39-33-15-9-6-11-28(33)29-12-7-10-16-34(29)39/h5-23H,1-4H3. The van der Waals surface area contributed by atoms with Gasteiger partial charge in [0.25, 0.3) is 0 Å². The van der Waals surface area contributed by atoms with Crippen LogP contribution in [0.1, 0.15) is 38.8 Å². The molecule has 188 valence electrons. The van der Waals surface area contributed by atoms with Crippen LogP contribution in [0.25, 0.3) is 60.2 Å². The Morgan fingerprint density at radius 3 is 1.82 bits per heavy atom. The van der Waals surface area contributed by atoms with Gasteiger partial charge in [0.1, 0.15) is 0 Å². The zero-order valence-corrected chi connectivity index (χ0v) is 22.9. The van der Waals surface area contributed by atoms with Gasteiger partial charge < -0.3 is 4.57 Å². The number of hydrogen-bond acceptors (Lipinski definition) is 0. The molecule has 39 heavy (non-hydrogen) atoms. The molecule has 1 aromatic heterocycles. The second-order valence-corrected chi connectivity index (χ2v) is 12.2. The average Bonchev–Trinajstić information content (AvgIpc) is 3.30. The molecule has 0 N–H and O–H groups in total. The molecule has 1 nitrogen and oxygen atoms in total. The first-order valence-electron chi connectivity index (χ1n) is 14.0. The number of nitrogens with zero attached hydrogens (tertiary/aromatic N) is 1. The summed E-state index contributed by atoms with van der Waals surface area (Å²) in [6, 6.07) is 42.9. The fourth-order valence-electron chi connectivity index (χ4n) is 7.20. The highest BCUT2D eigenvalue weighted by atomic mass is 15.0. The summed E-state index contributed by atoms with van der Waals surface area (Å²) in [6.07, 6.45) is 0. The summed E-state index contributed by atoms with van der Waals surface area (Å²) >= 11 is 0. The fraction of sp³-hybridized carbons (Fsp3) is 0.158. The molecule has 1 aliphatic rings. The molecule has 0 saturated carbocycles. The molecule has 8 rings (SSSR count). The molecular weight excluding hydrogens is 470 g/mol. The first-order chi connectivity index (χ1) is 18.9. The lowest BCUT2D eigenvalue weighted by Gasteiger charge is -2.48. The molecule has 1 aliphatic carbocycles. The van der Waals surface area contributed by atoms with Gasteiger partial charge in [0.2, 0.25) is 0 Å². The summed E-state index contributed by atoms with van der Waals surface area (Å²) in [6.45, 7) is 9.64. The zero-order chi connectivity index (χ0) is 26.5. The minimum Gasteiger partial charge on any atom is -0.309 e. The fourth-order valence-corrected chi connectivity index (χ4v) is 7.20. The van der Waals surface area contributed by atoms with Crippen LogP contribution in [0.3, 0.4) is 0 Å². The van der Waals surface area contributed by atoms with Gasteiger partial charge in [-0.2, -0.15) is 0 Å². The minimum atomic E-state index is -0.00401. The molecule has 0 spiro atoms. The Bertz CT molecular complexity index is 2070. The lowest BCUT2D eigenvalue weighted by molar-refractivity contribution is 0.299. The Hall–Kier alpha value is -4.36. The van der Waals surface area contributed by atoms with Crippen molar-refractivity contribution >= 4 is 43.4 Å². The summed E-state index contributed by atoms with van der Waals surface area (Å²) in [7, 11) is 0. The topological polar surface area (TPSA) is 4.93 Å². The number of aromatic nitrogens is 1. The van der Waals surface area contributed by atoms with Gasteiger partial charge in [-0.25, -0.2) is 0 Å². The van der Waals surface area contributed by atoms with Crippen molar-refractivity contribution in [2.75, 3.05) is 0 Å². The quantitative estimate of drug-likeness (QED) is 0.197. The van der Waals surface area contributed by atoms with Crippen molar-refractivity contribution in [1.82, 2.24) is 4.57 Å². The molecule has 0 fully saturated rings. The number of hydrogen-bond donors (Lipinski definition) is 0. The summed E-state index contributed by atoms with van der Waals surface area (Å²) in [4.78, 5) is 0. The van der Waals surface area contributed by atoms with Crippen molar-refractivity contribution in [3.8, 4) is 16.8 Å². The molecule has 0 radical (unpaired) electrons. The molecule has 0 amide bonds. The van der Waals surface area contributed by atoms with Crippen LogP contribution in [-0.4, -0.2) is 4.57 Å². The summed E-state index contributed by atoms with van der Waals surface area (Å²) < 4.78 is 2.41. The van der Waals surface area contributed by atoms with Crippen LogP contribution in [0.15, 0.2) is 115 Å². The Kier molecular flexibility index (Phi) is 4.41. The van der Waals surface area contributed by atoms with Gasteiger partial charge in [0.05, 0.1) is 11.0 Å². The van der Waals surface area contributed by atoms with Gasteiger partial charge in [-0.05, 0) is 78.9 Å². The summed E-state index contributed by atoms with van der Waals surface area (Å²) in [5.41, 5.74) is 9.37. The molecule has 0 bridgehead atoms. The predicted molar refractivity (Wildman–Crippen MR) is 167 cm³/mol. The molecule has 7 aromatic rings. The van der Waals surface area contributed by atoms with Crippen molar-refractivity contribution in [1.29, 1.82) is 0 Å². The third-order valence-corrected chi connectivity index (χ3v) is 9.93. The van der Waals surface area contributed by atoms with Crippen molar-refractivity contribution < 1.29 is 0 Å². The van der Waals surface area contributed by atoms with Crippen LogP contribution >= 0.6 is 0 Å². The molecule has 0 aliphatic heterocycles. The lowest BCUT2D eigenvalue weighted by atomic mass is 9.55. The molecule has 6 aromatic carbocycles. The van der Waals surface area contributed by atoms with Crippen molar-refractivity contribution in [2.45, 2.75) is 38.5 Å². The predicted octanol–water partition coefficient (Wildman–Crippen LogP) is 10.3. The monoisotopic (exact) mass is 501 g/mol. The number of para-hydroxylation sites is 2. The third-order valence-electron chi connectivity index (χ3n) is 9.93. The summed E-state index contributed by atoms with van der Waals surface area (Å²) in [5.74, 6) is 0. The van der Waals surface area contributed by atoms with E-state index in [0.717, 1.165) is 0 Å². The van der Waals surface area contributed by atoms with E-state index in [1.807, 2.05) is 0 Å². The Balaban J connectivity index is 1.46. The van der Waals surface area contributed by atoms with Gasteiger partial charge >= 0.3 is 0 Å². The van der Waals surface area contributed by atoms with E-state index in [0.29, 0.717) is 0 Å². The minimum absolute atomic E-state index is 0.00401. The second-order valence-electron chi connectivity index (χ2n) is 12.2. The highest BCUT2D eigenvalue weighted by Gasteiger charge is 2.46. The molecular formula is C38H31N. The van der Waals surface area contributed by atoms with E-state index >= 15 is 0 Å². The largest absolute Gasteiger partial charge is 0.309 e. The van der Waals surface area contributed by atoms with Crippen LogP contribution in [0.4, 0.5) is 0 Å². The van der Waals surface area contributed by atoms with Crippen LogP contribution in [0.2, 0.25) is 0 Å². The highest BCUT2D eigenvalue weighted by Crippen LogP contribution is 2.56. The van der Waals surface area contributed by atoms with Crippen LogP contribution in [0.5, 0.6) is 0 Å². The molecule has 1 heterocycles. The molecule has 0 saturated heterocycles. The van der Waals surface area contributed by atoms with Gasteiger partial charge in [-0.1, -0.05) is 119 Å². The van der Waals surface area contributed by atoms with Gasteiger partial charge in [-0.15, -0.1) is 0 Å². The van der Waals surface area contributed by atoms with E-state index in [4.69, 9.17) is 0 Å². The van der Waals surface area contributed by atoms with E-state index in [1.54, 1.807) is 0 Å². The van der Waals surface area contributed by atoms with Crippen LogP contribution in [-0.2, 0) is 10.8 Å². The van der Waals surface area contributed by atoms with Crippen molar-refractivity contribution in [3.63, 3.8) is 0 Å². The van der Waals surface area contributed by atoms with E-state index in [-0.39, 0.29) is 10.8 Å². The smallest absolute Gasteiger partial charge is 0.0541 e. The normalized spacial score (nSPS) is 15.6. The second kappa shape index (κ2) is 7.61. The Morgan fingerprint density at radius 2 is 1.08 bits per heavy atom. The Morgan fingerprint density at radius 1 is 0.487 bits per heavy atom. The zero-order valence-electron chi connectivity index (χ0n) is 22.9. The van der Waals surface area contributed by atoms with Crippen molar-refractivity contribution in [2.24, 2.45) is 0 Å². The maximum Gasteiger partial charge on any atom is 0.0541 e. The molecule has 0 atom stereocenters. The summed E-state index contributed by atoms with van der Waals surface area (Å²) in [5, 5.41) is 7.85. The first-order valence-corrected chi connectivity index (χ1v) is 14.0. The van der Waals surface area contributed by atoms with E-state index in [1.165, 1.54) is 71.3 Å². The Labute approximate surface area is 229 Å². The van der Waals surface area contributed by atoms with Gasteiger partial charge in [0.15, 0.2) is 0 Å². The van der Waals surface area contributed by atoms with E-state index in [2.05, 4.69) is 148 Å². The van der Waals surface area contributed by atoms with Crippen LogP contribution in [0, 0.1) is 0 Å². The molecule has 0 unspecified atom stereocenters. The maximum absolute atomic E-state index is 2.42. The third kappa shape index (κ3) is 2.85. The molecule has 1 heteroatoms. The lowest BCUT2D eigenvalue weighted by Crippen LogP contribution is -2.43. The highest BCUT2D eigenvalue weighted by molar-refractivity contribution is 6.16. The van der Waals surface area contributed by atoms with Gasteiger partial charge in [-0.3, -0.25) is 0 Å². The van der Waals surface area contributed by atoms with Crippen LogP contribution < -0.4 is 0 Å².